The lowest BCUT2D eigenvalue weighted by Gasteiger charge is -2.16. The smallest absolute Gasteiger partial charge is 0.252 e. The number of alkyl halides is 1. The molecule has 2 N–H and O–H groups in total. The summed E-state index contributed by atoms with van der Waals surface area (Å²) in [6, 6.07) is 4.33. The van der Waals surface area contributed by atoms with E-state index in [9.17, 15) is 9.90 Å². The molecule has 0 bridgehead atoms. The normalized spacial score (nSPS) is 12.2. The summed E-state index contributed by atoms with van der Waals surface area (Å²) in [5, 5.41) is 12.6. The summed E-state index contributed by atoms with van der Waals surface area (Å²) in [5.74, 6) is 0.729. The number of amides is 1. The lowest BCUT2D eigenvalue weighted by atomic mass is 10.0. The molecule has 0 radical (unpaired) electrons. The number of phenols is 1. The molecule has 0 fully saturated rings. The maximum absolute atomic E-state index is 12.0. The molecule has 5 heteroatoms. The maximum Gasteiger partial charge on any atom is 0.252 e. The van der Waals surface area contributed by atoms with Gasteiger partial charge in [-0.15, -0.1) is 11.6 Å². The van der Waals surface area contributed by atoms with Crippen molar-refractivity contribution in [1.82, 2.24) is 5.32 Å². The van der Waals surface area contributed by atoms with Crippen LogP contribution >= 0.6 is 23.2 Å². The highest BCUT2D eigenvalue weighted by molar-refractivity contribution is 6.33. The second-order valence-corrected chi connectivity index (χ2v) is 5.29. The number of rotatable bonds is 7. The van der Waals surface area contributed by atoms with Crippen molar-refractivity contribution in [3.63, 3.8) is 0 Å². The fourth-order valence-electron chi connectivity index (χ4n) is 1.93. The molecule has 1 aromatic carbocycles. The maximum atomic E-state index is 12.0. The number of benzene rings is 1. The largest absolute Gasteiger partial charge is 0.508 e. The number of hydrogen-bond donors (Lipinski definition) is 2. The van der Waals surface area contributed by atoms with Crippen LogP contribution in [-0.4, -0.2) is 23.4 Å². The van der Waals surface area contributed by atoms with Gasteiger partial charge in [0.1, 0.15) is 5.75 Å². The fraction of sp³-hybridized carbons (Fsp3) is 0.500. The lowest BCUT2D eigenvalue weighted by molar-refractivity contribution is 0.0945. The van der Waals surface area contributed by atoms with Gasteiger partial charge in [0, 0.05) is 12.4 Å². The molecule has 0 spiro atoms. The molecule has 1 rings (SSSR count). The van der Waals surface area contributed by atoms with Gasteiger partial charge in [0.05, 0.1) is 10.6 Å². The van der Waals surface area contributed by atoms with Crippen LogP contribution in [0.1, 0.15) is 36.5 Å². The minimum Gasteiger partial charge on any atom is -0.508 e. The van der Waals surface area contributed by atoms with Gasteiger partial charge in [-0.1, -0.05) is 24.9 Å². The average Bonchev–Trinajstić information content (AvgIpc) is 2.39. The Hall–Kier alpha value is -0.930. The Morgan fingerprint density at radius 2 is 2.16 bits per heavy atom. The second kappa shape index (κ2) is 8.28. The van der Waals surface area contributed by atoms with Gasteiger partial charge < -0.3 is 10.4 Å². The Kier molecular flexibility index (Phi) is 7.03. The number of carbonyl (C=O) groups excluding carboxylic acids is 1. The van der Waals surface area contributed by atoms with Gasteiger partial charge in [0.25, 0.3) is 5.91 Å². The summed E-state index contributed by atoms with van der Waals surface area (Å²) < 4.78 is 0. The molecule has 19 heavy (non-hydrogen) atoms. The Labute approximate surface area is 123 Å². The summed E-state index contributed by atoms with van der Waals surface area (Å²) in [6.07, 6.45) is 2.97. The van der Waals surface area contributed by atoms with Crippen LogP contribution in [0.3, 0.4) is 0 Å². The van der Waals surface area contributed by atoms with Gasteiger partial charge in [0.15, 0.2) is 0 Å². The van der Waals surface area contributed by atoms with Crippen LogP contribution in [0.15, 0.2) is 18.2 Å². The van der Waals surface area contributed by atoms with Crippen LogP contribution in [0.5, 0.6) is 5.75 Å². The first kappa shape index (κ1) is 16.1. The quantitative estimate of drug-likeness (QED) is 0.752. The number of hydrogen-bond acceptors (Lipinski definition) is 2. The molecule has 0 heterocycles. The van der Waals surface area contributed by atoms with Crippen molar-refractivity contribution in [2.45, 2.75) is 26.2 Å². The molecule has 1 amide bonds. The van der Waals surface area contributed by atoms with Gasteiger partial charge in [-0.2, -0.15) is 0 Å². The third kappa shape index (κ3) is 5.29. The van der Waals surface area contributed by atoms with Crippen molar-refractivity contribution in [1.29, 1.82) is 0 Å². The fourth-order valence-corrected chi connectivity index (χ4v) is 2.44. The average molecular weight is 304 g/mol. The number of aromatic hydroxyl groups is 1. The number of carbonyl (C=O) groups is 1. The molecule has 3 nitrogen and oxygen atoms in total. The Morgan fingerprint density at radius 1 is 1.42 bits per heavy atom. The predicted molar refractivity (Wildman–Crippen MR) is 79.2 cm³/mol. The predicted octanol–water partition coefficient (Wildman–Crippen LogP) is 3.82. The standard InChI is InChI=1S/C14H19Cl2NO2/c1-2-3-10(6-7-15)9-17-14(19)12-8-11(18)4-5-13(12)16/h4-5,8,10,18H,2-3,6-7,9H2,1H3,(H,17,19). The Morgan fingerprint density at radius 3 is 2.79 bits per heavy atom. The highest BCUT2D eigenvalue weighted by Crippen LogP contribution is 2.21. The Bertz CT molecular complexity index is 418. The van der Waals surface area contributed by atoms with E-state index >= 15 is 0 Å². The van der Waals surface area contributed by atoms with E-state index in [4.69, 9.17) is 23.2 Å². The van der Waals surface area contributed by atoms with Gasteiger partial charge in [-0.25, -0.2) is 0 Å². The van der Waals surface area contributed by atoms with E-state index in [-0.39, 0.29) is 11.7 Å². The van der Waals surface area contributed by atoms with E-state index in [1.165, 1.54) is 18.2 Å². The summed E-state index contributed by atoms with van der Waals surface area (Å²) in [5.41, 5.74) is 0.294. The SMILES string of the molecule is CCCC(CCCl)CNC(=O)c1cc(O)ccc1Cl. The molecule has 0 saturated heterocycles. The third-order valence-electron chi connectivity index (χ3n) is 2.96. The lowest BCUT2D eigenvalue weighted by Crippen LogP contribution is -2.29. The first-order valence-corrected chi connectivity index (χ1v) is 7.32. The van der Waals surface area contributed by atoms with Gasteiger partial charge >= 0.3 is 0 Å². The van der Waals surface area contributed by atoms with Crippen molar-refractivity contribution >= 4 is 29.1 Å². The van der Waals surface area contributed by atoms with Crippen molar-refractivity contribution in [3.05, 3.63) is 28.8 Å². The minimum absolute atomic E-state index is 0.0282. The molecule has 0 aliphatic heterocycles. The molecule has 0 aromatic heterocycles. The highest BCUT2D eigenvalue weighted by Gasteiger charge is 2.13. The molecule has 1 unspecified atom stereocenters. The summed E-state index contributed by atoms with van der Waals surface area (Å²) >= 11 is 11.7. The minimum atomic E-state index is -0.267. The van der Waals surface area contributed by atoms with Crippen LogP contribution in [0.2, 0.25) is 5.02 Å². The van der Waals surface area contributed by atoms with Crippen LogP contribution in [0, 0.1) is 5.92 Å². The zero-order chi connectivity index (χ0) is 14.3. The summed E-state index contributed by atoms with van der Waals surface area (Å²) in [6.45, 7) is 2.68. The third-order valence-corrected chi connectivity index (χ3v) is 3.51. The van der Waals surface area contributed by atoms with Gasteiger partial charge in [-0.3, -0.25) is 4.79 Å². The van der Waals surface area contributed by atoms with Crippen molar-refractivity contribution in [2.24, 2.45) is 5.92 Å². The van der Waals surface area contributed by atoms with Crippen LogP contribution in [0.25, 0.3) is 0 Å². The monoisotopic (exact) mass is 303 g/mol. The van der Waals surface area contributed by atoms with Gasteiger partial charge in [0.2, 0.25) is 0 Å². The summed E-state index contributed by atoms with van der Waals surface area (Å²) in [4.78, 5) is 12.0. The van der Waals surface area contributed by atoms with Crippen molar-refractivity contribution in [2.75, 3.05) is 12.4 Å². The first-order valence-electron chi connectivity index (χ1n) is 6.41. The Balaban J connectivity index is 2.61. The van der Waals surface area contributed by atoms with Crippen molar-refractivity contribution < 1.29 is 9.90 Å². The molecule has 1 atom stereocenters. The second-order valence-electron chi connectivity index (χ2n) is 4.51. The van der Waals surface area contributed by atoms with Crippen LogP contribution in [0.4, 0.5) is 0 Å². The van der Waals surface area contributed by atoms with Crippen LogP contribution in [-0.2, 0) is 0 Å². The topological polar surface area (TPSA) is 49.3 Å². The molecule has 106 valence electrons. The van der Waals surface area contributed by atoms with Crippen LogP contribution < -0.4 is 5.32 Å². The molecule has 0 aliphatic rings. The van der Waals surface area contributed by atoms with E-state index in [1.807, 2.05) is 0 Å². The molecule has 0 aliphatic carbocycles. The number of phenolic OH excluding ortho intramolecular Hbond substituents is 1. The molecular weight excluding hydrogens is 285 g/mol. The molecule has 1 aromatic rings. The first-order chi connectivity index (χ1) is 9.08. The van der Waals surface area contributed by atoms with E-state index in [1.54, 1.807) is 0 Å². The van der Waals surface area contributed by atoms with Gasteiger partial charge in [-0.05, 0) is 37.0 Å². The van der Waals surface area contributed by atoms with E-state index < -0.39 is 0 Å². The number of nitrogens with one attached hydrogen (secondary N) is 1. The highest BCUT2D eigenvalue weighted by atomic mass is 35.5. The summed E-state index contributed by atoms with van der Waals surface area (Å²) in [7, 11) is 0. The zero-order valence-corrected chi connectivity index (χ0v) is 12.5. The van der Waals surface area contributed by atoms with E-state index in [0.29, 0.717) is 28.9 Å². The number of halogens is 2. The van der Waals surface area contributed by atoms with E-state index in [2.05, 4.69) is 12.2 Å². The molecule has 0 saturated carbocycles. The molecular formula is C14H19Cl2NO2. The van der Waals surface area contributed by atoms with Crippen molar-refractivity contribution in [3.8, 4) is 5.75 Å². The van der Waals surface area contributed by atoms with E-state index in [0.717, 1.165) is 19.3 Å². The zero-order valence-electron chi connectivity index (χ0n) is 11.0.